The number of nitrogens with zero attached hydrogens (tertiary/aromatic N) is 2. The molecule has 0 aliphatic carbocycles. The molecule has 0 atom stereocenters. The minimum Gasteiger partial charge on any atom is -0.293 e. The van der Waals surface area contributed by atoms with Crippen molar-refractivity contribution in [2.75, 3.05) is 0 Å². The van der Waals surface area contributed by atoms with Crippen molar-refractivity contribution in [2.24, 2.45) is 0 Å². The van der Waals surface area contributed by atoms with E-state index in [1.807, 2.05) is 24.3 Å². The van der Waals surface area contributed by atoms with E-state index in [4.69, 9.17) is 0 Å². The van der Waals surface area contributed by atoms with Crippen LogP contribution in [-0.2, 0) is 12.8 Å². The van der Waals surface area contributed by atoms with E-state index in [0.717, 1.165) is 28.6 Å². The van der Waals surface area contributed by atoms with Crippen molar-refractivity contribution in [1.82, 2.24) is 9.59 Å². The van der Waals surface area contributed by atoms with Crippen molar-refractivity contribution >= 4 is 33.2 Å². The fourth-order valence-electron chi connectivity index (χ4n) is 1.69. The summed E-state index contributed by atoms with van der Waals surface area (Å²) < 4.78 is 4.90. The number of hydrogen-bond acceptors (Lipinski definition) is 4. The van der Waals surface area contributed by atoms with Gasteiger partial charge in [-0.25, -0.2) is 0 Å². The first-order valence-electron chi connectivity index (χ1n) is 5.79. The molecule has 0 bridgehead atoms. The van der Waals surface area contributed by atoms with E-state index in [-0.39, 0.29) is 5.78 Å². The van der Waals surface area contributed by atoms with Crippen molar-refractivity contribution in [3.05, 3.63) is 44.9 Å². The van der Waals surface area contributed by atoms with E-state index in [1.54, 1.807) is 0 Å². The first-order valence-corrected chi connectivity index (χ1v) is 7.36. The summed E-state index contributed by atoms with van der Waals surface area (Å²) in [6.45, 7) is 2.07. The number of Topliss-reactive ketones (excluding diaryl/α,β-unsaturated/α-hetero) is 1. The van der Waals surface area contributed by atoms with Crippen LogP contribution >= 0.6 is 27.5 Å². The zero-order valence-electron chi connectivity index (χ0n) is 10.0. The molecule has 5 heteroatoms. The SMILES string of the molecule is CCCc1nnsc1C(=O)Cc1ccc(Br)cc1. The summed E-state index contributed by atoms with van der Waals surface area (Å²) >= 11 is 4.58. The maximum atomic E-state index is 12.2. The van der Waals surface area contributed by atoms with Gasteiger partial charge < -0.3 is 0 Å². The van der Waals surface area contributed by atoms with Gasteiger partial charge >= 0.3 is 0 Å². The molecule has 0 spiro atoms. The summed E-state index contributed by atoms with van der Waals surface area (Å²) in [5.41, 5.74) is 1.85. The van der Waals surface area contributed by atoms with Crippen molar-refractivity contribution in [2.45, 2.75) is 26.2 Å². The number of hydrogen-bond donors (Lipinski definition) is 0. The number of benzene rings is 1. The molecule has 0 amide bonds. The lowest BCUT2D eigenvalue weighted by Gasteiger charge is -2.01. The third-order valence-electron chi connectivity index (χ3n) is 2.57. The Bertz CT molecular complexity index is 536. The number of aryl methyl sites for hydroxylation is 1. The molecule has 0 aliphatic heterocycles. The van der Waals surface area contributed by atoms with E-state index >= 15 is 0 Å². The third-order valence-corrected chi connectivity index (χ3v) is 3.91. The summed E-state index contributed by atoms with van der Waals surface area (Å²) in [6.07, 6.45) is 2.20. The summed E-state index contributed by atoms with van der Waals surface area (Å²) in [7, 11) is 0. The number of carbonyl (C=O) groups is 1. The van der Waals surface area contributed by atoms with Crippen molar-refractivity contribution in [3.63, 3.8) is 0 Å². The van der Waals surface area contributed by atoms with Gasteiger partial charge in [-0.3, -0.25) is 4.79 Å². The van der Waals surface area contributed by atoms with Crippen LogP contribution in [0, 0.1) is 0 Å². The van der Waals surface area contributed by atoms with Gasteiger partial charge in [-0.1, -0.05) is 45.9 Å². The molecule has 2 aromatic rings. The second kappa shape index (κ2) is 6.20. The van der Waals surface area contributed by atoms with Crippen LogP contribution < -0.4 is 0 Å². The molecule has 0 aliphatic rings. The van der Waals surface area contributed by atoms with Gasteiger partial charge in [0.05, 0.1) is 5.69 Å². The predicted octanol–water partition coefficient (Wildman–Crippen LogP) is 3.68. The Morgan fingerprint density at radius 3 is 2.72 bits per heavy atom. The van der Waals surface area contributed by atoms with Gasteiger partial charge in [0, 0.05) is 10.9 Å². The first kappa shape index (κ1) is 13.4. The topological polar surface area (TPSA) is 42.9 Å². The summed E-state index contributed by atoms with van der Waals surface area (Å²) in [5, 5.41) is 4.02. The zero-order chi connectivity index (χ0) is 13.0. The predicted molar refractivity (Wildman–Crippen MR) is 76.1 cm³/mol. The normalized spacial score (nSPS) is 10.6. The first-order chi connectivity index (χ1) is 8.70. The summed E-state index contributed by atoms with van der Waals surface area (Å²) in [6, 6.07) is 7.80. The van der Waals surface area contributed by atoms with Crippen LogP contribution in [0.3, 0.4) is 0 Å². The molecule has 0 saturated carbocycles. The maximum Gasteiger partial charge on any atom is 0.180 e. The van der Waals surface area contributed by atoms with Crippen LogP contribution in [0.2, 0.25) is 0 Å². The Morgan fingerprint density at radius 1 is 1.33 bits per heavy atom. The summed E-state index contributed by atoms with van der Waals surface area (Å²) in [5.74, 6) is 0.107. The zero-order valence-corrected chi connectivity index (χ0v) is 12.4. The molecule has 1 aromatic carbocycles. The maximum absolute atomic E-state index is 12.2. The van der Waals surface area contributed by atoms with Gasteiger partial charge in [-0.2, -0.15) is 0 Å². The molecule has 1 aromatic heterocycles. The van der Waals surface area contributed by atoms with E-state index < -0.39 is 0 Å². The molecule has 0 fully saturated rings. The quantitative estimate of drug-likeness (QED) is 0.788. The second-order valence-corrected chi connectivity index (χ2v) is 5.69. The van der Waals surface area contributed by atoms with Crippen LogP contribution in [0.1, 0.15) is 34.3 Å². The van der Waals surface area contributed by atoms with Crippen LogP contribution in [-0.4, -0.2) is 15.4 Å². The molecular weight excluding hydrogens is 312 g/mol. The molecule has 0 N–H and O–H groups in total. The highest BCUT2D eigenvalue weighted by Gasteiger charge is 2.15. The Hall–Kier alpha value is -1.07. The fourth-order valence-corrected chi connectivity index (χ4v) is 2.60. The number of carbonyl (C=O) groups excluding carboxylic acids is 1. The van der Waals surface area contributed by atoms with E-state index in [9.17, 15) is 4.79 Å². The Morgan fingerprint density at radius 2 is 2.06 bits per heavy atom. The Labute approximate surface area is 119 Å². The minimum atomic E-state index is 0.107. The average molecular weight is 325 g/mol. The lowest BCUT2D eigenvalue weighted by atomic mass is 10.1. The largest absolute Gasteiger partial charge is 0.293 e. The molecule has 0 unspecified atom stereocenters. The lowest BCUT2D eigenvalue weighted by Crippen LogP contribution is -2.04. The number of rotatable bonds is 5. The molecule has 0 saturated heterocycles. The van der Waals surface area contributed by atoms with Crippen LogP contribution in [0.4, 0.5) is 0 Å². The fraction of sp³-hybridized carbons (Fsp3) is 0.308. The van der Waals surface area contributed by atoms with Gasteiger partial charge in [0.2, 0.25) is 0 Å². The smallest absolute Gasteiger partial charge is 0.180 e. The Balaban J connectivity index is 2.11. The molecule has 3 nitrogen and oxygen atoms in total. The molecular formula is C13H13BrN2OS. The highest BCUT2D eigenvalue weighted by atomic mass is 79.9. The van der Waals surface area contributed by atoms with E-state index in [2.05, 4.69) is 32.4 Å². The van der Waals surface area contributed by atoms with Crippen molar-refractivity contribution < 1.29 is 4.79 Å². The third kappa shape index (κ3) is 3.23. The molecule has 1 heterocycles. The van der Waals surface area contributed by atoms with Crippen molar-refractivity contribution in [3.8, 4) is 0 Å². The van der Waals surface area contributed by atoms with E-state index in [0.29, 0.717) is 11.3 Å². The molecule has 2 rings (SSSR count). The standard InChI is InChI=1S/C13H13BrN2OS/c1-2-3-11-13(18-16-15-11)12(17)8-9-4-6-10(14)7-5-9/h4-7H,2-3,8H2,1H3. The second-order valence-electron chi connectivity index (χ2n) is 4.03. The highest BCUT2D eigenvalue weighted by molar-refractivity contribution is 9.10. The van der Waals surface area contributed by atoms with Crippen LogP contribution in [0.15, 0.2) is 28.7 Å². The molecule has 94 valence electrons. The van der Waals surface area contributed by atoms with Gasteiger partial charge in [0.1, 0.15) is 4.88 Å². The summed E-state index contributed by atoms with van der Waals surface area (Å²) in [4.78, 5) is 12.9. The average Bonchev–Trinajstić information content (AvgIpc) is 2.81. The Kier molecular flexibility index (Phi) is 4.60. The highest BCUT2D eigenvalue weighted by Crippen LogP contribution is 2.17. The van der Waals surface area contributed by atoms with Gasteiger partial charge in [-0.05, 0) is 35.6 Å². The minimum absolute atomic E-state index is 0.107. The molecule has 0 radical (unpaired) electrons. The molecule has 18 heavy (non-hydrogen) atoms. The monoisotopic (exact) mass is 324 g/mol. The van der Waals surface area contributed by atoms with Crippen molar-refractivity contribution in [1.29, 1.82) is 0 Å². The number of halogens is 1. The van der Waals surface area contributed by atoms with Gasteiger partial charge in [0.15, 0.2) is 5.78 Å². The lowest BCUT2D eigenvalue weighted by molar-refractivity contribution is 0.0996. The number of aromatic nitrogens is 2. The number of ketones is 1. The van der Waals surface area contributed by atoms with Crippen LogP contribution in [0.25, 0.3) is 0 Å². The van der Waals surface area contributed by atoms with E-state index in [1.165, 1.54) is 11.5 Å². The van der Waals surface area contributed by atoms with Gasteiger partial charge in [-0.15, -0.1) is 5.10 Å². The van der Waals surface area contributed by atoms with Crippen LogP contribution in [0.5, 0.6) is 0 Å². The van der Waals surface area contributed by atoms with Gasteiger partial charge in [0.25, 0.3) is 0 Å².